The Morgan fingerprint density at radius 3 is 2.60 bits per heavy atom. The molecule has 0 aliphatic rings. The molecule has 1 N–H and O–H groups in total. The second kappa shape index (κ2) is 8.87. The maximum Gasteiger partial charge on any atom is 0.251 e. The standard InChI is InChI=1S/C16H21NO3/c1-4-7-8-11-17-16(18)13-9-10-14(19-5-2)15(12-13)20-6-3/h1,9-10,12H,5-8,11H2,2-3H3,(H,17,18). The number of amides is 1. The average molecular weight is 275 g/mol. The van der Waals surface area contributed by atoms with Gasteiger partial charge >= 0.3 is 0 Å². The van der Waals surface area contributed by atoms with Crippen LogP contribution in [0.15, 0.2) is 18.2 Å². The lowest BCUT2D eigenvalue weighted by molar-refractivity contribution is 0.0953. The summed E-state index contributed by atoms with van der Waals surface area (Å²) in [4.78, 5) is 12.0. The van der Waals surface area contributed by atoms with Crippen molar-refractivity contribution in [3.05, 3.63) is 23.8 Å². The summed E-state index contributed by atoms with van der Waals surface area (Å²) in [5, 5.41) is 2.82. The second-order valence-electron chi connectivity index (χ2n) is 4.09. The van der Waals surface area contributed by atoms with Crippen LogP contribution in [0.4, 0.5) is 0 Å². The minimum Gasteiger partial charge on any atom is -0.490 e. The Hall–Kier alpha value is -2.15. The zero-order valence-electron chi connectivity index (χ0n) is 12.1. The van der Waals surface area contributed by atoms with Gasteiger partial charge in [0.05, 0.1) is 13.2 Å². The molecule has 1 aromatic carbocycles. The number of carbonyl (C=O) groups excluding carboxylic acids is 1. The van der Waals surface area contributed by atoms with Crippen LogP contribution >= 0.6 is 0 Å². The van der Waals surface area contributed by atoms with E-state index < -0.39 is 0 Å². The molecule has 0 aromatic heterocycles. The molecule has 108 valence electrons. The molecule has 1 aromatic rings. The van der Waals surface area contributed by atoms with E-state index in [1.807, 2.05) is 13.8 Å². The third-order valence-corrected chi connectivity index (χ3v) is 2.59. The number of benzene rings is 1. The molecular weight excluding hydrogens is 254 g/mol. The highest BCUT2D eigenvalue weighted by molar-refractivity contribution is 5.94. The van der Waals surface area contributed by atoms with Gasteiger partial charge in [-0.2, -0.15) is 0 Å². The van der Waals surface area contributed by atoms with E-state index in [2.05, 4.69) is 11.2 Å². The van der Waals surface area contributed by atoms with Gasteiger partial charge in [-0.05, 0) is 38.5 Å². The molecule has 0 aliphatic carbocycles. The lowest BCUT2D eigenvalue weighted by atomic mass is 10.2. The molecule has 1 amide bonds. The lowest BCUT2D eigenvalue weighted by Crippen LogP contribution is -2.24. The van der Waals surface area contributed by atoms with Crippen molar-refractivity contribution in [2.24, 2.45) is 0 Å². The molecule has 0 bridgehead atoms. The quantitative estimate of drug-likeness (QED) is 0.586. The van der Waals surface area contributed by atoms with Crippen molar-refractivity contribution in [3.63, 3.8) is 0 Å². The predicted octanol–water partition coefficient (Wildman–Crippen LogP) is 2.63. The minimum absolute atomic E-state index is 0.133. The third kappa shape index (κ3) is 4.85. The van der Waals surface area contributed by atoms with E-state index in [1.165, 1.54) is 0 Å². The molecule has 0 unspecified atom stereocenters. The Morgan fingerprint density at radius 1 is 1.25 bits per heavy atom. The van der Waals surface area contributed by atoms with Gasteiger partial charge in [-0.25, -0.2) is 0 Å². The van der Waals surface area contributed by atoms with Gasteiger partial charge in [0.25, 0.3) is 5.91 Å². The Bertz CT molecular complexity index is 477. The molecular formula is C16H21NO3. The number of ether oxygens (including phenoxy) is 2. The minimum atomic E-state index is -0.133. The fourth-order valence-electron chi connectivity index (χ4n) is 1.69. The maximum atomic E-state index is 12.0. The Balaban J connectivity index is 2.72. The molecule has 0 aliphatic heterocycles. The molecule has 0 spiro atoms. The van der Waals surface area contributed by atoms with Crippen LogP contribution in [-0.4, -0.2) is 25.7 Å². The zero-order valence-corrected chi connectivity index (χ0v) is 12.1. The highest BCUT2D eigenvalue weighted by Gasteiger charge is 2.10. The number of carbonyl (C=O) groups is 1. The molecule has 0 saturated carbocycles. The predicted molar refractivity (Wildman–Crippen MR) is 79.2 cm³/mol. The van der Waals surface area contributed by atoms with E-state index in [-0.39, 0.29) is 5.91 Å². The molecule has 1 rings (SSSR count). The van der Waals surface area contributed by atoms with Gasteiger partial charge in [-0.1, -0.05) is 0 Å². The van der Waals surface area contributed by atoms with Gasteiger partial charge in [-0.3, -0.25) is 4.79 Å². The first-order valence-corrected chi connectivity index (χ1v) is 6.84. The van der Waals surface area contributed by atoms with Crippen LogP contribution in [0, 0.1) is 12.3 Å². The normalized spacial score (nSPS) is 9.65. The molecule has 0 heterocycles. The smallest absolute Gasteiger partial charge is 0.251 e. The van der Waals surface area contributed by atoms with Crippen molar-refractivity contribution in [1.82, 2.24) is 5.32 Å². The molecule has 4 nitrogen and oxygen atoms in total. The molecule has 0 radical (unpaired) electrons. The van der Waals surface area contributed by atoms with Crippen LogP contribution in [0.1, 0.15) is 37.0 Å². The fraction of sp³-hybridized carbons (Fsp3) is 0.438. The van der Waals surface area contributed by atoms with Gasteiger partial charge in [0.1, 0.15) is 0 Å². The average Bonchev–Trinajstić information content (AvgIpc) is 2.45. The number of hydrogen-bond donors (Lipinski definition) is 1. The topological polar surface area (TPSA) is 47.6 Å². The Morgan fingerprint density at radius 2 is 1.95 bits per heavy atom. The SMILES string of the molecule is C#CCCCNC(=O)c1ccc(OCC)c(OCC)c1. The van der Waals surface area contributed by atoms with Crippen molar-refractivity contribution < 1.29 is 14.3 Å². The zero-order chi connectivity index (χ0) is 14.8. The van der Waals surface area contributed by atoms with Crippen LogP contribution in [0.2, 0.25) is 0 Å². The highest BCUT2D eigenvalue weighted by atomic mass is 16.5. The fourth-order valence-corrected chi connectivity index (χ4v) is 1.69. The van der Waals surface area contributed by atoms with Crippen LogP contribution in [0.3, 0.4) is 0 Å². The maximum absolute atomic E-state index is 12.0. The molecule has 0 saturated heterocycles. The van der Waals surface area contributed by atoms with Crippen LogP contribution in [0.25, 0.3) is 0 Å². The van der Waals surface area contributed by atoms with E-state index >= 15 is 0 Å². The third-order valence-electron chi connectivity index (χ3n) is 2.59. The summed E-state index contributed by atoms with van der Waals surface area (Å²) in [5.41, 5.74) is 0.553. The van der Waals surface area contributed by atoms with Crippen molar-refractivity contribution >= 4 is 5.91 Å². The highest BCUT2D eigenvalue weighted by Crippen LogP contribution is 2.28. The van der Waals surface area contributed by atoms with Crippen molar-refractivity contribution in [2.75, 3.05) is 19.8 Å². The summed E-state index contributed by atoms with van der Waals surface area (Å²) >= 11 is 0. The number of rotatable bonds is 8. The van der Waals surface area contributed by atoms with Gasteiger partial charge in [0, 0.05) is 18.5 Å². The van der Waals surface area contributed by atoms with E-state index in [0.717, 1.165) is 6.42 Å². The second-order valence-corrected chi connectivity index (χ2v) is 4.09. The van der Waals surface area contributed by atoms with Gasteiger partial charge < -0.3 is 14.8 Å². The van der Waals surface area contributed by atoms with Crippen LogP contribution < -0.4 is 14.8 Å². The Kier molecular flexibility index (Phi) is 7.05. The van der Waals surface area contributed by atoms with Crippen molar-refractivity contribution in [2.45, 2.75) is 26.7 Å². The van der Waals surface area contributed by atoms with Crippen LogP contribution in [0.5, 0.6) is 11.5 Å². The van der Waals surface area contributed by atoms with E-state index in [4.69, 9.17) is 15.9 Å². The first-order valence-electron chi connectivity index (χ1n) is 6.84. The molecule has 20 heavy (non-hydrogen) atoms. The largest absolute Gasteiger partial charge is 0.490 e. The lowest BCUT2D eigenvalue weighted by Gasteiger charge is -2.12. The number of hydrogen-bond acceptors (Lipinski definition) is 3. The van der Waals surface area contributed by atoms with Crippen LogP contribution in [-0.2, 0) is 0 Å². The number of nitrogens with one attached hydrogen (secondary N) is 1. The first-order chi connectivity index (χ1) is 9.72. The first kappa shape index (κ1) is 15.9. The summed E-state index contributed by atoms with van der Waals surface area (Å²) in [6.45, 7) is 5.44. The number of terminal acetylenes is 1. The summed E-state index contributed by atoms with van der Waals surface area (Å²) in [7, 11) is 0. The molecule has 0 atom stereocenters. The summed E-state index contributed by atoms with van der Waals surface area (Å²) in [5.74, 6) is 3.65. The summed E-state index contributed by atoms with van der Waals surface area (Å²) in [6, 6.07) is 5.18. The van der Waals surface area contributed by atoms with E-state index in [1.54, 1.807) is 18.2 Å². The van der Waals surface area contributed by atoms with Gasteiger partial charge in [-0.15, -0.1) is 12.3 Å². The molecule has 4 heteroatoms. The van der Waals surface area contributed by atoms with Crippen molar-refractivity contribution in [1.29, 1.82) is 0 Å². The van der Waals surface area contributed by atoms with Crippen molar-refractivity contribution in [3.8, 4) is 23.8 Å². The Labute approximate surface area is 120 Å². The van der Waals surface area contributed by atoms with Gasteiger partial charge in [0.2, 0.25) is 0 Å². The summed E-state index contributed by atoms with van der Waals surface area (Å²) in [6.07, 6.45) is 6.60. The summed E-state index contributed by atoms with van der Waals surface area (Å²) < 4.78 is 11.0. The van der Waals surface area contributed by atoms with Gasteiger partial charge in [0.15, 0.2) is 11.5 Å². The number of unbranched alkanes of at least 4 members (excludes halogenated alkanes) is 1. The van der Waals surface area contributed by atoms with E-state index in [9.17, 15) is 4.79 Å². The van der Waals surface area contributed by atoms with E-state index in [0.29, 0.717) is 43.2 Å². The monoisotopic (exact) mass is 275 g/mol. The molecule has 0 fully saturated rings.